The second-order valence-electron chi connectivity index (χ2n) is 4.39. The van der Waals surface area contributed by atoms with Crippen molar-refractivity contribution in [3.05, 3.63) is 40.7 Å². The number of hydrogen-bond acceptors (Lipinski definition) is 5. The topological polar surface area (TPSA) is 92.2 Å². The number of pyridine rings is 1. The molecule has 0 unspecified atom stereocenters. The van der Waals surface area contributed by atoms with Crippen LogP contribution in [0.2, 0.25) is 0 Å². The molecule has 0 bridgehead atoms. The Kier molecular flexibility index (Phi) is 4.99. The summed E-state index contributed by atoms with van der Waals surface area (Å²) in [7, 11) is 0. The lowest BCUT2D eigenvalue weighted by Gasteiger charge is -2.00. The molecule has 0 saturated carbocycles. The van der Waals surface area contributed by atoms with E-state index in [1.165, 1.54) is 12.4 Å². The van der Waals surface area contributed by atoms with Crippen LogP contribution in [-0.4, -0.2) is 27.0 Å². The fourth-order valence-electron chi connectivity index (χ4n) is 1.76. The molecule has 0 radical (unpaired) electrons. The number of carboxylic acid groups (broad SMARTS) is 1. The number of unbranched alkanes of at least 4 members (excludes halogenated alkanes) is 1. The van der Waals surface area contributed by atoms with Crippen molar-refractivity contribution in [1.29, 1.82) is 0 Å². The predicted octanol–water partition coefficient (Wildman–Crippen LogP) is 2.83. The maximum atomic E-state index is 12.0. The second-order valence-corrected chi connectivity index (χ2v) is 5.39. The third-order valence-corrected chi connectivity index (χ3v) is 3.82. The van der Waals surface area contributed by atoms with Gasteiger partial charge in [-0.15, -0.1) is 0 Å². The summed E-state index contributed by atoms with van der Waals surface area (Å²) in [6.07, 6.45) is 5.45. The highest BCUT2D eigenvalue weighted by Crippen LogP contribution is 2.25. The fourth-order valence-corrected chi connectivity index (χ4v) is 2.60. The Balaban J connectivity index is 2.17. The molecule has 6 nitrogen and oxygen atoms in total. The number of aromatic nitrogens is 2. The molecule has 7 heteroatoms. The van der Waals surface area contributed by atoms with Gasteiger partial charge in [0, 0.05) is 18.0 Å². The number of carbonyl (C=O) groups is 2. The number of carbonyl (C=O) groups excluding carboxylic acids is 1. The van der Waals surface area contributed by atoms with Gasteiger partial charge in [-0.25, -0.2) is 9.78 Å². The lowest BCUT2D eigenvalue weighted by molar-refractivity contribution is 0.0700. The zero-order valence-corrected chi connectivity index (χ0v) is 12.3. The van der Waals surface area contributed by atoms with E-state index in [-0.39, 0.29) is 10.8 Å². The summed E-state index contributed by atoms with van der Waals surface area (Å²) < 4.78 is 0. The number of nitrogens with one attached hydrogen (secondary N) is 1. The van der Waals surface area contributed by atoms with E-state index in [2.05, 4.69) is 15.3 Å². The summed E-state index contributed by atoms with van der Waals surface area (Å²) in [4.78, 5) is 31.5. The van der Waals surface area contributed by atoms with Crippen molar-refractivity contribution in [3.63, 3.8) is 0 Å². The van der Waals surface area contributed by atoms with Crippen LogP contribution in [0.15, 0.2) is 24.5 Å². The van der Waals surface area contributed by atoms with Crippen LogP contribution in [0.1, 0.15) is 45.5 Å². The normalized spacial score (nSPS) is 10.3. The number of thiazole rings is 1. The smallest absolute Gasteiger partial charge is 0.347 e. The van der Waals surface area contributed by atoms with Crippen molar-refractivity contribution in [3.8, 4) is 0 Å². The molecule has 21 heavy (non-hydrogen) atoms. The van der Waals surface area contributed by atoms with Crippen LogP contribution in [0, 0.1) is 0 Å². The van der Waals surface area contributed by atoms with Crippen molar-refractivity contribution in [2.75, 3.05) is 5.32 Å². The van der Waals surface area contributed by atoms with Gasteiger partial charge in [0.2, 0.25) is 0 Å². The highest BCUT2D eigenvalue weighted by Gasteiger charge is 2.18. The van der Waals surface area contributed by atoms with Crippen LogP contribution < -0.4 is 5.32 Å². The van der Waals surface area contributed by atoms with Gasteiger partial charge in [-0.05, 0) is 25.0 Å². The lowest BCUT2D eigenvalue weighted by Crippen LogP contribution is -2.11. The first kappa shape index (κ1) is 15.1. The van der Waals surface area contributed by atoms with Crippen LogP contribution in [0.5, 0.6) is 0 Å². The number of hydrogen-bond donors (Lipinski definition) is 2. The molecule has 0 aliphatic heterocycles. The first-order chi connectivity index (χ1) is 10.1. The molecule has 1 amide bonds. The number of anilines is 1. The standard InChI is InChI=1S/C14H15N3O3S/c1-2-3-4-10-11(13(19)20)21-14(16-10)17-12(18)9-5-7-15-8-6-9/h5-8H,2-4H2,1H3,(H,19,20)(H,16,17,18). The zero-order chi connectivity index (χ0) is 15.2. The summed E-state index contributed by atoms with van der Waals surface area (Å²) in [5.41, 5.74) is 0.978. The molecular weight excluding hydrogens is 290 g/mol. The molecule has 0 spiro atoms. The minimum atomic E-state index is -1.01. The van der Waals surface area contributed by atoms with Gasteiger partial charge >= 0.3 is 5.97 Å². The van der Waals surface area contributed by atoms with Gasteiger partial charge in [-0.3, -0.25) is 15.1 Å². The number of aryl methyl sites for hydroxylation is 1. The van der Waals surface area contributed by atoms with Crippen molar-refractivity contribution >= 4 is 28.3 Å². The summed E-state index contributed by atoms with van der Waals surface area (Å²) >= 11 is 0.983. The van der Waals surface area contributed by atoms with Gasteiger partial charge in [0.15, 0.2) is 5.13 Å². The predicted molar refractivity (Wildman–Crippen MR) is 79.9 cm³/mol. The monoisotopic (exact) mass is 305 g/mol. The third kappa shape index (κ3) is 3.85. The average molecular weight is 305 g/mol. The van der Waals surface area contributed by atoms with Crippen molar-refractivity contribution in [1.82, 2.24) is 9.97 Å². The second kappa shape index (κ2) is 6.94. The van der Waals surface area contributed by atoms with E-state index in [0.29, 0.717) is 22.8 Å². The SMILES string of the molecule is CCCCc1nc(NC(=O)c2ccncc2)sc1C(=O)O. The van der Waals surface area contributed by atoms with Crippen LogP contribution in [0.25, 0.3) is 0 Å². The minimum Gasteiger partial charge on any atom is -0.477 e. The Morgan fingerprint density at radius 3 is 2.67 bits per heavy atom. The largest absolute Gasteiger partial charge is 0.477 e. The maximum Gasteiger partial charge on any atom is 0.347 e. The Morgan fingerprint density at radius 2 is 2.05 bits per heavy atom. The number of rotatable bonds is 6. The van der Waals surface area contributed by atoms with E-state index in [1.54, 1.807) is 12.1 Å². The molecule has 0 aliphatic carbocycles. The molecule has 2 aromatic heterocycles. The van der Waals surface area contributed by atoms with Gasteiger partial charge in [0.25, 0.3) is 5.91 Å². The van der Waals surface area contributed by atoms with Crippen molar-refractivity contribution < 1.29 is 14.7 Å². The Morgan fingerprint density at radius 1 is 1.33 bits per heavy atom. The van der Waals surface area contributed by atoms with Gasteiger partial charge in [-0.1, -0.05) is 24.7 Å². The average Bonchev–Trinajstić information content (AvgIpc) is 2.89. The van der Waals surface area contributed by atoms with E-state index >= 15 is 0 Å². The number of carboxylic acids is 1. The summed E-state index contributed by atoms with van der Waals surface area (Å²) in [5, 5.41) is 12.1. The van der Waals surface area contributed by atoms with Gasteiger partial charge in [0.05, 0.1) is 5.69 Å². The highest BCUT2D eigenvalue weighted by atomic mass is 32.1. The van der Waals surface area contributed by atoms with Crippen LogP contribution in [0.3, 0.4) is 0 Å². The molecule has 0 atom stereocenters. The molecule has 2 N–H and O–H groups in total. The molecule has 0 fully saturated rings. The van der Waals surface area contributed by atoms with E-state index in [1.807, 2.05) is 6.92 Å². The van der Waals surface area contributed by atoms with Crippen LogP contribution in [0.4, 0.5) is 5.13 Å². The molecule has 2 heterocycles. The van der Waals surface area contributed by atoms with Gasteiger partial charge < -0.3 is 5.11 Å². The van der Waals surface area contributed by atoms with Crippen LogP contribution >= 0.6 is 11.3 Å². The maximum absolute atomic E-state index is 12.0. The fraction of sp³-hybridized carbons (Fsp3) is 0.286. The molecule has 0 saturated heterocycles. The summed E-state index contributed by atoms with van der Waals surface area (Å²) in [5.74, 6) is -1.34. The lowest BCUT2D eigenvalue weighted by atomic mass is 10.2. The van der Waals surface area contributed by atoms with Gasteiger partial charge in [0.1, 0.15) is 4.88 Å². The molecule has 2 aromatic rings. The van der Waals surface area contributed by atoms with Crippen molar-refractivity contribution in [2.45, 2.75) is 26.2 Å². The third-order valence-electron chi connectivity index (χ3n) is 2.82. The molecular formula is C14H15N3O3S. The van der Waals surface area contributed by atoms with E-state index < -0.39 is 5.97 Å². The summed E-state index contributed by atoms with van der Waals surface area (Å²) in [6.45, 7) is 2.03. The minimum absolute atomic E-state index is 0.188. The van der Waals surface area contributed by atoms with Crippen molar-refractivity contribution in [2.24, 2.45) is 0 Å². The first-order valence-corrected chi connectivity index (χ1v) is 7.37. The Hall–Kier alpha value is -2.28. The quantitative estimate of drug-likeness (QED) is 0.856. The Labute approximate surface area is 125 Å². The molecule has 110 valence electrons. The number of nitrogens with zero attached hydrogens (tertiary/aromatic N) is 2. The summed E-state index contributed by atoms with van der Waals surface area (Å²) in [6, 6.07) is 3.16. The first-order valence-electron chi connectivity index (χ1n) is 6.56. The zero-order valence-electron chi connectivity index (χ0n) is 11.5. The molecule has 0 aliphatic rings. The number of aromatic carboxylic acids is 1. The van der Waals surface area contributed by atoms with Crippen LogP contribution in [-0.2, 0) is 6.42 Å². The van der Waals surface area contributed by atoms with E-state index in [9.17, 15) is 14.7 Å². The Bertz CT molecular complexity index is 640. The van der Waals surface area contributed by atoms with E-state index in [0.717, 1.165) is 24.2 Å². The molecule has 0 aromatic carbocycles. The highest BCUT2D eigenvalue weighted by molar-refractivity contribution is 7.17. The van der Waals surface area contributed by atoms with Gasteiger partial charge in [-0.2, -0.15) is 0 Å². The van der Waals surface area contributed by atoms with E-state index in [4.69, 9.17) is 0 Å². The molecule has 2 rings (SSSR count). The number of amides is 1.